The molecule has 3 aromatic heterocycles. The van der Waals surface area contributed by atoms with Crippen molar-refractivity contribution in [3.8, 4) is 5.69 Å². The molecular weight excluding hydrogens is 380 g/mol. The third kappa shape index (κ3) is 3.61. The fourth-order valence-electron chi connectivity index (χ4n) is 3.19. The van der Waals surface area contributed by atoms with Gasteiger partial charge in [-0.1, -0.05) is 18.2 Å². The zero-order valence-electron chi connectivity index (χ0n) is 15.4. The number of hydrogen-bond donors (Lipinski definition) is 1. The summed E-state index contributed by atoms with van der Waals surface area (Å²) in [5, 5.41) is 23.8. The molecule has 10 heteroatoms. The zero-order valence-corrected chi connectivity index (χ0v) is 15.4. The van der Waals surface area contributed by atoms with Crippen LogP contribution in [0.1, 0.15) is 24.1 Å². The number of nitrogens with zero attached hydrogens (tertiary/aromatic N) is 7. The van der Waals surface area contributed by atoms with Crippen molar-refractivity contribution in [3.05, 3.63) is 84.5 Å². The Morgan fingerprint density at radius 2 is 2.07 bits per heavy atom. The maximum Gasteiger partial charge on any atom is 0.137 e. The van der Waals surface area contributed by atoms with Crippen LogP contribution < -0.4 is 0 Å². The molecule has 0 saturated carbocycles. The van der Waals surface area contributed by atoms with E-state index in [0.29, 0.717) is 11.4 Å². The summed E-state index contributed by atoms with van der Waals surface area (Å²) >= 11 is 0. The number of hydrogen-bond acceptors (Lipinski definition) is 6. The van der Waals surface area contributed by atoms with Gasteiger partial charge in [-0.15, -0.1) is 5.10 Å². The van der Waals surface area contributed by atoms with E-state index in [1.165, 1.54) is 28.1 Å². The van der Waals surface area contributed by atoms with E-state index in [-0.39, 0.29) is 12.1 Å². The standard InChI is InChI=1S/C19H17F2N7O/c1-13(18-9-28(26-25-18)15-3-2-6-22-8-15)19(29,10-27-12-23-11-24-27)16-5-4-14(20)7-17(16)21/h2-9,11-13,29H,10H2,1H3. The van der Waals surface area contributed by atoms with Crippen molar-refractivity contribution in [1.82, 2.24) is 34.7 Å². The number of halogens is 2. The monoisotopic (exact) mass is 397 g/mol. The van der Waals surface area contributed by atoms with Gasteiger partial charge < -0.3 is 5.11 Å². The van der Waals surface area contributed by atoms with Crippen LogP contribution in [-0.4, -0.2) is 39.8 Å². The first-order chi connectivity index (χ1) is 14.0. The molecule has 2 unspecified atom stereocenters. The average molecular weight is 397 g/mol. The van der Waals surface area contributed by atoms with Crippen LogP contribution >= 0.6 is 0 Å². The van der Waals surface area contributed by atoms with Crippen molar-refractivity contribution in [2.24, 2.45) is 0 Å². The van der Waals surface area contributed by atoms with E-state index in [0.717, 1.165) is 12.1 Å². The van der Waals surface area contributed by atoms with E-state index in [1.807, 2.05) is 0 Å². The summed E-state index contributed by atoms with van der Waals surface area (Å²) in [4.78, 5) is 7.90. The summed E-state index contributed by atoms with van der Waals surface area (Å²) in [5.41, 5.74) is -0.759. The molecule has 2 atom stereocenters. The van der Waals surface area contributed by atoms with Gasteiger partial charge in [0.25, 0.3) is 0 Å². The van der Waals surface area contributed by atoms with Crippen molar-refractivity contribution >= 4 is 0 Å². The minimum absolute atomic E-state index is 0.0715. The molecule has 3 heterocycles. The molecule has 0 bridgehead atoms. The van der Waals surface area contributed by atoms with Crippen LogP contribution in [0.2, 0.25) is 0 Å². The van der Waals surface area contributed by atoms with Crippen molar-refractivity contribution in [2.45, 2.75) is 25.0 Å². The lowest BCUT2D eigenvalue weighted by molar-refractivity contribution is -0.0123. The fourth-order valence-corrected chi connectivity index (χ4v) is 3.19. The highest BCUT2D eigenvalue weighted by atomic mass is 19.1. The van der Waals surface area contributed by atoms with Crippen LogP contribution in [0, 0.1) is 11.6 Å². The predicted octanol–water partition coefficient (Wildman–Crippen LogP) is 2.22. The minimum atomic E-state index is -1.79. The first-order valence-electron chi connectivity index (χ1n) is 8.80. The van der Waals surface area contributed by atoms with Crippen molar-refractivity contribution in [2.75, 3.05) is 0 Å². The van der Waals surface area contributed by atoms with Crippen molar-refractivity contribution in [1.29, 1.82) is 0 Å². The van der Waals surface area contributed by atoms with Crippen LogP contribution in [0.3, 0.4) is 0 Å². The number of pyridine rings is 1. The van der Waals surface area contributed by atoms with Gasteiger partial charge in [0.05, 0.1) is 30.3 Å². The summed E-state index contributed by atoms with van der Waals surface area (Å²) in [6.07, 6.45) is 7.61. The Labute approximate surface area is 164 Å². The Kier molecular flexibility index (Phi) is 4.85. The third-order valence-electron chi connectivity index (χ3n) is 4.85. The van der Waals surface area contributed by atoms with E-state index in [2.05, 4.69) is 25.4 Å². The molecule has 4 rings (SSSR count). The molecule has 0 amide bonds. The van der Waals surface area contributed by atoms with Gasteiger partial charge >= 0.3 is 0 Å². The highest BCUT2D eigenvalue weighted by Crippen LogP contribution is 2.39. The van der Waals surface area contributed by atoms with Gasteiger partial charge in [0.2, 0.25) is 0 Å². The molecule has 29 heavy (non-hydrogen) atoms. The average Bonchev–Trinajstić information content (AvgIpc) is 3.40. The molecular formula is C19H17F2N7O. The molecule has 0 aliphatic heterocycles. The van der Waals surface area contributed by atoms with Gasteiger partial charge in [0.15, 0.2) is 0 Å². The summed E-state index contributed by atoms with van der Waals surface area (Å²) in [5.74, 6) is -2.30. The molecule has 0 aliphatic carbocycles. The fraction of sp³-hybridized carbons (Fsp3) is 0.211. The molecule has 0 saturated heterocycles. The minimum Gasteiger partial charge on any atom is -0.382 e. The highest BCUT2D eigenvalue weighted by molar-refractivity contribution is 5.31. The highest BCUT2D eigenvalue weighted by Gasteiger charge is 2.41. The molecule has 148 valence electrons. The number of aliphatic hydroxyl groups is 1. The summed E-state index contributed by atoms with van der Waals surface area (Å²) in [6.45, 7) is 1.58. The molecule has 1 N–H and O–H groups in total. The predicted molar refractivity (Wildman–Crippen MR) is 97.8 cm³/mol. The van der Waals surface area contributed by atoms with Crippen LogP contribution in [-0.2, 0) is 12.1 Å². The zero-order chi connectivity index (χ0) is 20.4. The number of rotatable bonds is 6. The number of benzene rings is 1. The van der Waals surface area contributed by atoms with E-state index in [9.17, 15) is 13.9 Å². The molecule has 0 radical (unpaired) electrons. The first-order valence-corrected chi connectivity index (χ1v) is 8.80. The van der Waals surface area contributed by atoms with Crippen LogP contribution in [0.25, 0.3) is 5.69 Å². The summed E-state index contributed by atoms with van der Waals surface area (Å²) in [6, 6.07) is 6.63. The van der Waals surface area contributed by atoms with Crippen molar-refractivity contribution < 1.29 is 13.9 Å². The quantitative estimate of drug-likeness (QED) is 0.536. The van der Waals surface area contributed by atoms with Gasteiger partial charge in [-0.25, -0.2) is 23.1 Å². The maximum atomic E-state index is 14.6. The van der Waals surface area contributed by atoms with Gasteiger partial charge in [-0.2, -0.15) is 5.10 Å². The van der Waals surface area contributed by atoms with E-state index >= 15 is 0 Å². The van der Waals surface area contributed by atoms with Crippen LogP contribution in [0.4, 0.5) is 8.78 Å². The van der Waals surface area contributed by atoms with Crippen LogP contribution in [0.5, 0.6) is 0 Å². The molecule has 1 aromatic carbocycles. The molecule has 0 spiro atoms. The molecule has 8 nitrogen and oxygen atoms in total. The third-order valence-corrected chi connectivity index (χ3v) is 4.85. The van der Waals surface area contributed by atoms with E-state index in [4.69, 9.17) is 0 Å². The second kappa shape index (κ2) is 7.47. The van der Waals surface area contributed by atoms with Crippen LogP contribution in [0.15, 0.2) is 61.6 Å². The van der Waals surface area contributed by atoms with E-state index in [1.54, 1.807) is 37.6 Å². The maximum absolute atomic E-state index is 14.6. The Hall–Kier alpha value is -3.53. The summed E-state index contributed by atoms with van der Waals surface area (Å²) in [7, 11) is 0. The summed E-state index contributed by atoms with van der Waals surface area (Å²) < 4.78 is 31.0. The van der Waals surface area contributed by atoms with Gasteiger partial charge in [-0.3, -0.25) is 4.98 Å². The Bertz CT molecular complexity index is 1100. The normalized spacial score (nSPS) is 14.5. The first kappa shape index (κ1) is 18.8. The molecule has 0 aliphatic rings. The molecule has 4 aromatic rings. The number of aromatic nitrogens is 7. The van der Waals surface area contributed by atoms with Gasteiger partial charge in [0.1, 0.15) is 29.9 Å². The SMILES string of the molecule is CC(c1cn(-c2cccnc2)nn1)C(O)(Cn1cncn1)c1ccc(F)cc1F. The van der Waals surface area contributed by atoms with Gasteiger partial charge in [-0.05, 0) is 18.2 Å². The smallest absolute Gasteiger partial charge is 0.137 e. The Balaban J connectivity index is 1.75. The lowest BCUT2D eigenvalue weighted by atomic mass is 9.80. The Morgan fingerprint density at radius 1 is 1.21 bits per heavy atom. The van der Waals surface area contributed by atoms with Crippen molar-refractivity contribution in [3.63, 3.8) is 0 Å². The Morgan fingerprint density at radius 3 is 2.76 bits per heavy atom. The van der Waals surface area contributed by atoms with E-state index < -0.39 is 23.2 Å². The molecule has 0 fully saturated rings. The second-order valence-corrected chi connectivity index (χ2v) is 6.66. The van der Waals surface area contributed by atoms with Gasteiger partial charge in [0, 0.05) is 23.7 Å². The lowest BCUT2D eigenvalue weighted by Gasteiger charge is -2.33. The lowest BCUT2D eigenvalue weighted by Crippen LogP contribution is -2.38. The topological polar surface area (TPSA) is 94.5 Å². The second-order valence-electron chi connectivity index (χ2n) is 6.66. The largest absolute Gasteiger partial charge is 0.382 e.